The molecule has 4 aromatic carbocycles. The first-order valence-electron chi connectivity index (χ1n) is 24.7. The Kier molecular flexibility index (Phi) is 17.7. The molecule has 0 radical (unpaired) electrons. The number of ketones is 1. The van der Waals surface area contributed by atoms with Crippen LogP contribution in [0.3, 0.4) is 0 Å². The molecule has 1 aliphatic carbocycles. The number of rotatable bonds is 8. The molecule has 0 spiro atoms. The number of hydrogen-bond donors (Lipinski definition) is 1. The van der Waals surface area contributed by atoms with Gasteiger partial charge in [-0.05, 0) is 151 Å². The highest BCUT2D eigenvalue weighted by Gasteiger charge is 2.23. The van der Waals surface area contributed by atoms with Gasteiger partial charge in [-0.25, -0.2) is 4.98 Å². The molecule has 3 heterocycles. The van der Waals surface area contributed by atoms with Crippen LogP contribution in [-0.4, -0.2) is 24.9 Å². The Hall–Kier alpha value is -6.15. The first kappa shape index (κ1) is 52.8. The van der Waals surface area contributed by atoms with Crippen LogP contribution in [0.2, 0.25) is 0 Å². The third kappa shape index (κ3) is 12.3. The Morgan fingerprint density at radius 1 is 0.515 bits per heavy atom. The molecule has 1 aliphatic rings. The van der Waals surface area contributed by atoms with E-state index in [0.29, 0.717) is 35.0 Å². The molecule has 0 saturated heterocycles. The molecule has 0 unspecified atom stereocenters. The molecule has 0 aliphatic heterocycles. The molecule has 7 aromatic rings. The van der Waals surface area contributed by atoms with E-state index in [9.17, 15) is 19.2 Å². The molecule has 0 saturated carbocycles. The van der Waals surface area contributed by atoms with Crippen LogP contribution in [0.4, 0.5) is 0 Å². The Labute approximate surface area is 404 Å². The molecular formula is C60H76N4O4. The molecule has 0 amide bonds. The number of carbonyl (C=O) groups excluding carboxylic acids is 1. The second-order valence-corrected chi connectivity index (χ2v) is 20.7. The minimum absolute atomic E-state index is 0.0486. The maximum Gasteiger partial charge on any atom is 0.261 e. The number of benzene rings is 4. The number of allylic oxidation sites excluding steroid dienone is 2. The van der Waals surface area contributed by atoms with Crippen LogP contribution >= 0.6 is 0 Å². The standard InChI is InChI=1S/C16H20O.2C15H19NO.C14H18N2O/c1-10(2)13-6-5-12-7-8-14(11(3)4)16(17)15(12)9-13;1-9(2)11-5-6-14-12(7-11)15(17)13(8-16-14)10(3)4;1-10(2)13-6-5-12-7-8-16(11(3)4)15(17)14(12)9-13;1-9(2)11-5-6-13-12(7-11)14(17)16(8-15-13)10(3)4/h5-6,8-11H,7H2,1-4H3;5-10H,1-4H3,(H,16,17);5-11H,1-4H3;5-10H,1-4H3. The van der Waals surface area contributed by atoms with E-state index in [4.69, 9.17) is 0 Å². The van der Waals surface area contributed by atoms with Gasteiger partial charge in [-0.2, -0.15) is 0 Å². The fraction of sp³-hybridized carbons (Fsp3) is 0.417. The smallest absolute Gasteiger partial charge is 0.261 e. The number of Topliss-reactive ketones (excluding diaryl/α,β-unsaturated/α-hetero) is 1. The first-order valence-corrected chi connectivity index (χ1v) is 24.7. The van der Waals surface area contributed by atoms with Crippen LogP contribution in [0.15, 0.2) is 124 Å². The number of aromatic nitrogens is 4. The van der Waals surface area contributed by atoms with Crippen molar-refractivity contribution in [1.82, 2.24) is 19.1 Å². The highest BCUT2D eigenvalue weighted by atomic mass is 16.1. The van der Waals surface area contributed by atoms with E-state index in [1.165, 1.54) is 27.8 Å². The Morgan fingerprint density at radius 3 is 1.59 bits per heavy atom. The number of hydrogen-bond acceptors (Lipinski definition) is 5. The lowest BCUT2D eigenvalue weighted by Gasteiger charge is -2.19. The molecule has 8 rings (SSSR count). The summed E-state index contributed by atoms with van der Waals surface area (Å²) in [6.07, 6.45) is 8.33. The summed E-state index contributed by atoms with van der Waals surface area (Å²) >= 11 is 0. The quantitative estimate of drug-likeness (QED) is 0.163. The van der Waals surface area contributed by atoms with Gasteiger partial charge in [0.2, 0.25) is 0 Å². The van der Waals surface area contributed by atoms with Crippen LogP contribution in [0.5, 0.6) is 0 Å². The summed E-state index contributed by atoms with van der Waals surface area (Å²) in [4.78, 5) is 56.8. The van der Waals surface area contributed by atoms with Crippen LogP contribution in [0.25, 0.3) is 32.6 Å². The van der Waals surface area contributed by atoms with E-state index in [-0.39, 0.29) is 40.3 Å². The van der Waals surface area contributed by atoms with E-state index in [1.54, 1.807) is 15.5 Å². The molecule has 8 nitrogen and oxygen atoms in total. The SMILES string of the molecule is CC(C)C1=CCc2ccc(C(C)C)cc2C1=O.CC(C)c1ccc2[nH]cc(C(C)C)c(=O)c2c1.CC(C)c1ccc2ccn(C(C)C)c(=O)c2c1.CC(C)c1ccc2ncn(C(C)C)c(=O)c2c1. The van der Waals surface area contributed by atoms with Crippen molar-refractivity contribution in [3.8, 4) is 0 Å². The molecule has 68 heavy (non-hydrogen) atoms. The maximum atomic E-state index is 12.4. The van der Waals surface area contributed by atoms with Gasteiger partial charge in [0.25, 0.3) is 11.1 Å². The zero-order chi connectivity index (χ0) is 50.3. The molecule has 0 fully saturated rings. The number of pyridine rings is 2. The fourth-order valence-corrected chi connectivity index (χ4v) is 8.27. The second kappa shape index (κ2) is 22.8. The molecule has 0 atom stereocenters. The van der Waals surface area contributed by atoms with Crippen molar-refractivity contribution in [3.05, 3.63) is 179 Å². The monoisotopic (exact) mass is 917 g/mol. The largest absolute Gasteiger partial charge is 0.361 e. The number of aromatic amines is 1. The van der Waals surface area contributed by atoms with E-state index < -0.39 is 0 Å². The lowest BCUT2D eigenvalue weighted by molar-refractivity contribution is 0.102. The summed E-state index contributed by atoms with van der Waals surface area (Å²) in [6.45, 7) is 33.4. The molecule has 8 heteroatoms. The van der Waals surface area contributed by atoms with Crippen LogP contribution < -0.4 is 16.5 Å². The zero-order valence-electron chi connectivity index (χ0n) is 43.6. The topological polar surface area (TPSA) is 107 Å². The fourth-order valence-electron chi connectivity index (χ4n) is 8.27. The lowest BCUT2D eigenvalue weighted by atomic mass is 9.83. The van der Waals surface area contributed by atoms with E-state index in [0.717, 1.165) is 50.3 Å². The van der Waals surface area contributed by atoms with Gasteiger partial charge in [0.1, 0.15) is 0 Å². The van der Waals surface area contributed by atoms with Crippen molar-refractivity contribution in [2.45, 2.75) is 159 Å². The third-order valence-corrected chi connectivity index (χ3v) is 12.9. The van der Waals surface area contributed by atoms with Gasteiger partial charge < -0.3 is 9.55 Å². The van der Waals surface area contributed by atoms with Gasteiger partial charge in [0.05, 0.1) is 17.2 Å². The average Bonchev–Trinajstić information content (AvgIpc) is 3.29. The zero-order valence-corrected chi connectivity index (χ0v) is 43.6. The van der Waals surface area contributed by atoms with E-state index >= 15 is 0 Å². The Morgan fingerprint density at radius 2 is 1.03 bits per heavy atom. The van der Waals surface area contributed by atoms with Crippen molar-refractivity contribution in [2.24, 2.45) is 5.92 Å². The average molecular weight is 917 g/mol. The van der Waals surface area contributed by atoms with Crippen molar-refractivity contribution < 1.29 is 4.79 Å². The first-order chi connectivity index (χ1) is 32.0. The number of H-pyrrole nitrogens is 1. The highest BCUT2D eigenvalue weighted by molar-refractivity contribution is 6.11. The van der Waals surface area contributed by atoms with Gasteiger partial charge in [-0.3, -0.25) is 23.7 Å². The van der Waals surface area contributed by atoms with Crippen molar-refractivity contribution >= 4 is 38.4 Å². The maximum absolute atomic E-state index is 12.4. The van der Waals surface area contributed by atoms with Gasteiger partial charge >= 0.3 is 0 Å². The minimum Gasteiger partial charge on any atom is -0.361 e. The Balaban J connectivity index is 0.000000169. The van der Waals surface area contributed by atoms with Gasteiger partial charge in [-0.15, -0.1) is 0 Å². The number of carbonyl (C=O) groups is 1. The van der Waals surface area contributed by atoms with Crippen LogP contribution in [0, 0.1) is 5.92 Å². The summed E-state index contributed by atoms with van der Waals surface area (Å²) in [6, 6.07) is 26.9. The number of nitrogens with one attached hydrogen (secondary N) is 1. The Bertz CT molecular complexity index is 2830. The highest BCUT2D eigenvalue weighted by Crippen LogP contribution is 2.29. The lowest BCUT2D eigenvalue weighted by Crippen LogP contribution is -2.22. The molecule has 3 aromatic heterocycles. The summed E-state index contributed by atoms with van der Waals surface area (Å²) in [7, 11) is 0. The molecular weight excluding hydrogens is 841 g/mol. The van der Waals surface area contributed by atoms with Crippen LogP contribution in [0.1, 0.15) is 196 Å². The second-order valence-electron chi connectivity index (χ2n) is 20.7. The van der Waals surface area contributed by atoms with Gasteiger partial charge in [-0.1, -0.05) is 126 Å². The minimum atomic E-state index is 0.0486. The van der Waals surface area contributed by atoms with Crippen LogP contribution in [-0.2, 0) is 6.42 Å². The van der Waals surface area contributed by atoms with Gasteiger partial charge in [0, 0.05) is 51.9 Å². The molecule has 1 N–H and O–H groups in total. The molecule has 0 bridgehead atoms. The predicted molar refractivity (Wildman–Crippen MR) is 287 cm³/mol. The summed E-state index contributed by atoms with van der Waals surface area (Å²) in [5.41, 5.74) is 10.8. The van der Waals surface area contributed by atoms with E-state index in [2.05, 4.69) is 116 Å². The third-order valence-electron chi connectivity index (χ3n) is 12.9. The predicted octanol–water partition coefficient (Wildman–Crippen LogP) is 14.7. The summed E-state index contributed by atoms with van der Waals surface area (Å²) in [5.74, 6) is 2.59. The summed E-state index contributed by atoms with van der Waals surface area (Å²) < 4.78 is 3.46. The summed E-state index contributed by atoms with van der Waals surface area (Å²) in [5, 5.41) is 3.37. The number of fused-ring (bicyclic) bond motifs is 4. The van der Waals surface area contributed by atoms with Crippen molar-refractivity contribution in [3.63, 3.8) is 0 Å². The normalized spacial score (nSPS) is 12.5. The molecule has 360 valence electrons. The number of nitrogens with zero attached hydrogens (tertiary/aromatic N) is 3. The van der Waals surface area contributed by atoms with Gasteiger partial charge in [0.15, 0.2) is 11.2 Å². The van der Waals surface area contributed by atoms with Crippen molar-refractivity contribution in [1.29, 1.82) is 0 Å². The van der Waals surface area contributed by atoms with Crippen molar-refractivity contribution in [2.75, 3.05) is 0 Å². The van der Waals surface area contributed by atoms with E-state index in [1.807, 2.05) is 102 Å².